The molecule has 0 unspecified atom stereocenters. The van der Waals surface area contributed by atoms with Crippen LogP contribution in [0.25, 0.3) is 11.1 Å². The van der Waals surface area contributed by atoms with Crippen LogP contribution in [0.15, 0.2) is 53.4 Å². The molecular formula is C16H20N2O2S. The van der Waals surface area contributed by atoms with E-state index in [0.717, 1.165) is 36.9 Å². The SMILES string of the molecule is NCCCCc1ccc(-c2ccc(S(N)(=O)=O)cc2)cc1. The molecule has 2 aromatic rings. The topological polar surface area (TPSA) is 86.2 Å². The first-order valence-electron chi connectivity index (χ1n) is 6.93. The van der Waals surface area contributed by atoms with Gasteiger partial charge in [-0.25, -0.2) is 13.6 Å². The van der Waals surface area contributed by atoms with Gasteiger partial charge in [-0.3, -0.25) is 0 Å². The van der Waals surface area contributed by atoms with Crippen LogP contribution >= 0.6 is 0 Å². The second-order valence-corrected chi connectivity index (χ2v) is 6.57. The minimum atomic E-state index is -3.63. The fraction of sp³-hybridized carbons (Fsp3) is 0.250. The maximum atomic E-state index is 11.2. The first-order valence-corrected chi connectivity index (χ1v) is 8.47. The average Bonchev–Trinajstić information content (AvgIpc) is 2.48. The van der Waals surface area contributed by atoms with Crippen molar-refractivity contribution >= 4 is 10.0 Å². The third kappa shape index (κ3) is 4.39. The van der Waals surface area contributed by atoms with E-state index < -0.39 is 10.0 Å². The summed E-state index contributed by atoms with van der Waals surface area (Å²) in [5.41, 5.74) is 8.79. The smallest absolute Gasteiger partial charge is 0.238 e. The fourth-order valence-corrected chi connectivity index (χ4v) is 2.69. The zero-order valence-electron chi connectivity index (χ0n) is 11.8. The second kappa shape index (κ2) is 6.85. The molecule has 2 aromatic carbocycles. The molecule has 112 valence electrons. The third-order valence-electron chi connectivity index (χ3n) is 3.39. The van der Waals surface area contributed by atoms with Gasteiger partial charge in [0.15, 0.2) is 0 Å². The molecule has 4 nitrogen and oxygen atoms in total. The van der Waals surface area contributed by atoms with Gasteiger partial charge in [0.25, 0.3) is 0 Å². The van der Waals surface area contributed by atoms with Crippen molar-refractivity contribution in [3.8, 4) is 11.1 Å². The van der Waals surface area contributed by atoms with E-state index in [-0.39, 0.29) is 4.90 Å². The maximum Gasteiger partial charge on any atom is 0.238 e. The molecule has 0 amide bonds. The molecule has 4 N–H and O–H groups in total. The van der Waals surface area contributed by atoms with Gasteiger partial charge in [-0.15, -0.1) is 0 Å². The molecule has 0 spiro atoms. The highest BCUT2D eigenvalue weighted by Crippen LogP contribution is 2.22. The summed E-state index contributed by atoms with van der Waals surface area (Å²) in [6, 6.07) is 14.9. The Balaban J connectivity index is 2.11. The van der Waals surface area contributed by atoms with Crippen LogP contribution in [0.5, 0.6) is 0 Å². The summed E-state index contributed by atoms with van der Waals surface area (Å²) in [5.74, 6) is 0. The van der Waals surface area contributed by atoms with E-state index in [4.69, 9.17) is 10.9 Å². The lowest BCUT2D eigenvalue weighted by Crippen LogP contribution is -2.11. The number of rotatable bonds is 6. The van der Waals surface area contributed by atoms with E-state index in [0.29, 0.717) is 0 Å². The van der Waals surface area contributed by atoms with Gasteiger partial charge in [-0.1, -0.05) is 36.4 Å². The molecule has 0 saturated carbocycles. The highest BCUT2D eigenvalue weighted by Gasteiger charge is 2.07. The van der Waals surface area contributed by atoms with Crippen molar-refractivity contribution in [3.05, 3.63) is 54.1 Å². The maximum absolute atomic E-state index is 11.2. The molecule has 2 rings (SSSR count). The van der Waals surface area contributed by atoms with Crippen molar-refractivity contribution in [1.82, 2.24) is 0 Å². The molecule has 5 heteroatoms. The third-order valence-corrected chi connectivity index (χ3v) is 4.32. The fourth-order valence-electron chi connectivity index (χ4n) is 2.17. The highest BCUT2D eigenvalue weighted by atomic mass is 32.2. The molecule has 0 heterocycles. The van der Waals surface area contributed by atoms with Crippen LogP contribution in [0.1, 0.15) is 18.4 Å². The van der Waals surface area contributed by atoms with Gasteiger partial charge in [-0.2, -0.15) is 0 Å². The Kier molecular flexibility index (Phi) is 5.12. The van der Waals surface area contributed by atoms with Gasteiger partial charge in [0.2, 0.25) is 10.0 Å². The van der Waals surface area contributed by atoms with Gasteiger partial charge >= 0.3 is 0 Å². The minimum Gasteiger partial charge on any atom is -0.330 e. The van der Waals surface area contributed by atoms with E-state index in [1.54, 1.807) is 12.1 Å². The number of primary sulfonamides is 1. The summed E-state index contributed by atoms with van der Waals surface area (Å²) in [5, 5.41) is 5.09. The summed E-state index contributed by atoms with van der Waals surface area (Å²) >= 11 is 0. The van der Waals surface area contributed by atoms with Crippen molar-refractivity contribution in [2.24, 2.45) is 10.9 Å². The molecule has 0 bridgehead atoms. The molecular weight excluding hydrogens is 284 g/mol. The monoisotopic (exact) mass is 304 g/mol. The number of sulfonamides is 1. The zero-order valence-corrected chi connectivity index (χ0v) is 12.6. The van der Waals surface area contributed by atoms with Gasteiger partial charge < -0.3 is 5.73 Å². The van der Waals surface area contributed by atoms with Crippen LogP contribution in [0.2, 0.25) is 0 Å². The van der Waals surface area contributed by atoms with E-state index >= 15 is 0 Å². The van der Waals surface area contributed by atoms with Crippen molar-refractivity contribution in [1.29, 1.82) is 0 Å². The van der Waals surface area contributed by atoms with Crippen LogP contribution in [0, 0.1) is 0 Å². The van der Waals surface area contributed by atoms with Gasteiger partial charge in [0.1, 0.15) is 0 Å². The van der Waals surface area contributed by atoms with E-state index in [1.165, 1.54) is 17.7 Å². The molecule has 21 heavy (non-hydrogen) atoms. The van der Waals surface area contributed by atoms with Crippen LogP contribution in [-0.4, -0.2) is 15.0 Å². The van der Waals surface area contributed by atoms with Crippen molar-refractivity contribution in [3.63, 3.8) is 0 Å². The van der Waals surface area contributed by atoms with Gasteiger partial charge in [0, 0.05) is 0 Å². The first-order chi connectivity index (χ1) is 10.0. The molecule has 0 aromatic heterocycles. The molecule has 0 aliphatic carbocycles. The van der Waals surface area contributed by atoms with Crippen LogP contribution in [-0.2, 0) is 16.4 Å². The predicted octanol–water partition coefficient (Wildman–Crippen LogP) is 2.28. The summed E-state index contributed by atoms with van der Waals surface area (Å²) in [7, 11) is -3.63. The van der Waals surface area contributed by atoms with Crippen LogP contribution in [0.4, 0.5) is 0 Å². The quantitative estimate of drug-likeness (QED) is 0.803. The summed E-state index contributed by atoms with van der Waals surface area (Å²) in [6.07, 6.45) is 3.16. The predicted molar refractivity (Wildman–Crippen MR) is 85.2 cm³/mol. The summed E-state index contributed by atoms with van der Waals surface area (Å²) < 4.78 is 22.4. The standard InChI is InChI=1S/C16H20N2O2S/c17-12-2-1-3-13-4-6-14(7-5-13)15-8-10-16(11-9-15)21(18,19)20/h4-11H,1-3,12,17H2,(H2,18,19,20). The first kappa shape index (κ1) is 15.7. The molecule has 0 aliphatic heterocycles. The minimum absolute atomic E-state index is 0.129. The van der Waals surface area contributed by atoms with E-state index in [1.807, 2.05) is 12.1 Å². The zero-order chi connectivity index (χ0) is 15.3. The lowest BCUT2D eigenvalue weighted by atomic mass is 10.0. The normalized spacial score (nSPS) is 11.5. The second-order valence-electron chi connectivity index (χ2n) is 5.01. The Morgan fingerprint density at radius 2 is 1.33 bits per heavy atom. The Labute approximate surface area is 125 Å². The largest absolute Gasteiger partial charge is 0.330 e. The van der Waals surface area contributed by atoms with Gasteiger partial charge in [-0.05, 0) is 54.6 Å². The van der Waals surface area contributed by atoms with E-state index in [9.17, 15) is 8.42 Å². The Bertz CT molecular complexity index is 677. The van der Waals surface area contributed by atoms with Crippen LogP contribution < -0.4 is 10.9 Å². The Morgan fingerprint density at radius 1 is 0.810 bits per heavy atom. The number of hydrogen-bond donors (Lipinski definition) is 2. The Hall–Kier alpha value is -1.69. The number of aryl methyl sites for hydroxylation is 1. The number of hydrogen-bond acceptors (Lipinski definition) is 3. The van der Waals surface area contributed by atoms with Gasteiger partial charge in [0.05, 0.1) is 4.90 Å². The number of unbranched alkanes of at least 4 members (excludes halogenated alkanes) is 1. The number of nitrogens with two attached hydrogens (primary N) is 2. The van der Waals surface area contributed by atoms with Crippen LogP contribution in [0.3, 0.4) is 0 Å². The van der Waals surface area contributed by atoms with E-state index in [2.05, 4.69) is 12.1 Å². The molecule has 0 saturated heterocycles. The Morgan fingerprint density at radius 3 is 1.81 bits per heavy atom. The molecule has 0 atom stereocenters. The average molecular weight is 304 g/mol. The molecule has 0 aliphatic rings. The molecule has 0 fully saturated rings. The highest BCUT2D eigenvalue weighted by molar-refractivity contribution is 7.89. The van der Waals surface area contributed by atoms with Crippen molar-refractivity contribution in [2.75, 3.05) is 6.54 Å². The number of benzene rings is 2. The summed E-state index contributed by atoms with van der Waals surface area (Å²) in [6.45, 7) is 0.731. The van der Waals surface area contributed by atoms with Crippen molar-refractivity contribution < 1.29 is 8.42 Å². The molecule has 0 radical (unpaired) electrons. The van der Waals surface area contributed by atoms with Crippen molar-refractivity contribution in [2.45, 2.75) is 24.2 Å². The lowest BCUT2D eigenvalue weighted by Gasteiger charge is -2.05. The lowest BCUT2D eigenvalue weighted by molar-refractivity contribution is 0.598. The summed E-state index contributed by atoms with van der Waals surface area (Å²) in [4.78, 5) is 0.129.